The van der Waals surface area contributed by atoms with Gasteiger partial charge in [0.1, 0.15) is 29.8 Å². The summed E-state index contributed by atoms with van der Waals surface area (Å²) in [4.78, 5) is 46.3. The summed E-state index contributed by atoms with van der Waals surface area (Å²) in [5.74, 6) is 0.618. The van der Waals surface area contributed by atoms with Crippen LogP contribution in [-0.2, 0) is 9.47 Å². The summed E-state index contributed by atoms with van der Waals surface area (Å²) in [5.41, 5.74) is -0.950. The molecule has 4 rings (SSSR count). The van der Waals surface area contributed by atoms with Crippen LogP contribution in [-0.4, -0.2) is 89.2 Å². The van der Waals surface area contributed by atoms with E-state index in [0.717, 1.165) is 25.7 Å². The number of carbonyl (C=O) groups excluding carboxylic acids is 2. The average molecular weight is 581 g/mol. The fourth-order valence-corrected chi connectivity index (χ4v) is 3.84. The number of amides is 2. The van der Waals surface area contributed by atoms with Crippen LogP contribution in [0, 0.1) is 26.1 Å². The van der Waals surface area contributed by atoms with Crippen molar-refractivity contribution in [2.75, 3.05) is 26.2 Å². The van der Waals surface area contributed by atoms with Crippen molar-refractivity contribution in [1.29, 1.82) is 0 Å². The van der Waals surface area contributed by atoms with E-state index in [0.29, 0.717) is 25.4 Å². The van der Waals surface area contributed by atoms with E-state index in [2.05, 4.69) is 22.2 Å². The van der Waals surface area contributed by atoms with Crippen molar-refractivity contribution in [1.82, 2.24) is 29.8 Å². The van der Waals surface area contributed by atoms with E-state index in [1.165, 1.54) is 18.6 Å². The fourth-order valence-electron chi connectivity index (χ4n) is 3.84. The second-order valence-corrected chi connectivity index (χ2v) is 11.8. The number of ether oxygens (including phenoxy) is 2. The van der Waals surface area contributed by atoms with Crippen LogP contribution in [0.15, 0.2) is 24.8 Å². The van der Waals surface area contributed by atoms with Gasteiger partial charge < -0.3 is 19.3 Å². The molecule has 1 N–H and O–H groups in total. The maximum atomic E-state index is 11.9. The monoisotopic (exact) mass is 580 g/mol. The second kappa shape index (κ2) is 13.9. The molecule has 16 nitrogen and oxygen atoms in total. The normalized spacial score (nSPS) is 18.5. The lowest BCUT2D eigenvalue weighted by Crippen LogP contribution is -2.35. The van der Waals surface area contributed by atoms with Crippen LogP contribution in [0.1, 0.15) is 67.3 Å². The molecule has 2 saturated heterocycles. The van der Waals surface area contributed by atoms with Crippen LogP contribution in [0.5, 0.6) is 0 Å². The molecule has 41 heavy (non-hydrogen) atoms. The number of hydrogen-bond acceptors (Lipinski definition) is 10. The summed E-state index contributed by atoms with van der Waals surface area (Å²) < 4.78 is 12.1. The summed E-state index contributed by atoms with van der Waals surface area (Å²) in [5, 5.41) is 30.1. The molecule has 16 heteroatoms. The van der Waals surface area contributed by atoms with Crippen molar-refractivity contribution in [2.24, 2.45) is 5.92 Å². The van der Waals surface area contributed by atoms with Crippen molar-refractivity contribution in [3.05, 3.63) is 45.0 Å². The van der Waals surface area contributed by atoms with Gasteiger partial charge in [0.25, 0.3) is 0 Å². The van der Waals surface area contributed by atoms with E-state index >= 15 is 0 Å². The lowest BCUT2D eigenvalue weighted by atomic mass is 10.2. The van der Waals surface area contributed by atoms with E-state index in [1.807, 2.05) is 41.5 Å². The molecule has 2 aliphatic heterocycles. The van der Waals surface area contributed by atoms with E-state index in [1.54, 1.807) is 14.5 Å². The molecule has 2 aromatic rings. The molecular formula is C25H40N8O8. The molecule has 2 aromatic heterocycles. The van der Waals surface area contributed by atoms with Gasteiger partial charge in [0, 0.05) is 26.2 Å². The molecule has 0 unspecified atom stereocenters. The summed E-state index contributed by atoms with van der Waals surface area (Å²) in [6.45, 7) is 16.0. The maximum Gasteiger partial charge on any atom is 0.410 e. The zero-order valence-corrected chi connectivity index (χ0v) is 24.6. The highest BCUT2D eigenvalue weighted by Gasteiger charge is 2.31. The first-order chi connectivity index (χ1) is 18.9. The largest absolute Gasteiger partial charge is 0.444 e. The molecule has 2 aliphatic rings. The SMILES string of the molecule is CC(C)(C)OC(=O)N1CC[C@@H](n2cc([N+](=O)[O-])cn2)C1.C[C@H]1CCN(C(=O)OC(C)(C)C)C1.O=[N+]([O-])c1cn[nH]c1. The standard InChI is InChI=1S/C12H18N4O4.C10H19NO2.C3H3N3O2/c1-12(2,3)20-11(17)14-5-4-9(7-14)15-8-10(6-13-15)16(18)19;1-8-5-6-11(7-8)9(12)13-10(2,3)4;7-6(8)3-1-4-5-2-3/h6,8-9H,4-5,7H2,1-3H3;8H,5-7H2,1-4H3;1-2H,(H,4,5)/t9-;8-;/m10./s1. The summed E-state index contributed by atoms with van der Waals surface area (Å²) >= 11 is 0. The second-order valence-electron chi connectivity index (χ2n) is 11.8. The molecule has 0 aliphatic carbocycles. The highest BCUT2D eigenvalue weighted by molar-refractivity contribution is 5.68. The zero-order valence-electron chi connectivity index (χ0n) is 24.6. The van der Waals surface area contributed by atoms with Crippen LogP contribution < -0.4 is 0 Å². The molecule has 2 fully saturated rings. The number of carbonyl (C=O) groups is 2. The fraction of sp³-hybridized carbons (Fsp3) is 0.680. The van der Waals surface area contributed by atoms with E-state index in [-0.39, 0.29) is 35.2 Å². The number of nitrogens with zero attached hydrogens (tertiary/aromatic N) is 7. The Morgan fingerprint density at radius 1 is 0.902 bits per heavy atom. The quantitative estimate of drug-likeness (QED) is 0.397. The average Bonchev–Trinajstić information content (AvgIpc) is 3.65. The Labute approximate surface area is 238 Å². The molecule has 228 valence electrons. The molecule has 0 spiro atoms. The molecule has 2 amide bonds. The third-order valence-electron chi connectivity index (χ3n) is 5.76. The van der Waals surface area contributed by atoms with E-state index in [9.17, 15) is 29.8 Å². The minimum absolute atomic E-state index is 0.00926. The van der Waals surface area contributed by atoms with Crippen LogP contribution >= 0.6 is 0 Å². The topological polar surface area (TPSA) is 192 Å². The molecule has 0 saturated carbocycles. The number of nitrogens with one attached hydrogen (secondary N) is 1. The van der Waals surface area contributed by atoms with Gasteiger partial charge in [-0.1, -0.05) is 6.92 Å². The van der Waals surface area contributed by atoms with Gasteiger partial charge >= 0.3 is 23.6 Å². The van der Waals surface area contributed by atoms with Crippen molar-refractivity contribution in [3.63, 3.8) is 0 Å². The minimum Gasteiger partial charge on any atom is -0.444 e. The molecule has 4 heterocycles. The van der Waals surface area contributed by atoms with Gasteiger partial charge in [0.2, 0.25) is 0 Å². The predicted molar refractivity (Wildman–Crippen MR) is 147 cm³/mol. The lowest BCUT2D eigenvalue weighted by Gasteiger charge is -2.24. The number of aromatic nitrogens is 4. The summed E-state index contributed by atoms with van der Waals surface area (Å²) in [7, 11) is 0. The Morgan fingerprint density at radius 2 is 1.44 bits per heavy atom. The van der Waals surface area contributed by atoms with Gasteiger partial charge in [0.15, 0.2) is 0 Å². The first-order valence-corrected chi connectivity index (χ1v) is 13.2. The van der Waals surface area contributed by atoms with Gasteiger partial charge in [-0.2, -0.15) is 10.2 Å². The Bertz CT molecular complexity index is 1170. The third kappa shape index (κ3) is 11.4. The third-order valence-corrected chi connectivity index (χ3v) is 5.76. The van der Waals surface area contributed by atoms with Crippen LogP contribution in [0.3, 0.4) is 0 Å². The molecule has 0 radical (unpaired) electrons. The first kappa shape index (κ1) is 33.0. The van der Waals surface area contributed by atoms with Crippen LogP contribution in [0.4, 0.5) is 21.0 Å². The van der Waals surface area contributed by atoms with Gasteiger partial charge in [-0.3, -0.25) is 30.0 Å². The smallest absolute Gasteiger partial charge is 0.410 e. The van der Waals surface area contributed by atoms with Crippen LogP contribution in [0.25, 0.3) is 0 Å². The van der Waals surface area contributed by atoms with Gasteiger partial charge in [0.05, 0.1) is 22.1 Å². The summed E-state index contributed by atoms with van der Waals surface area (Å²) in [6, 6.07) is -0.0452. The van der Waals surface area contributed by atoms with Gasteiger partial charge in [-0.15, -0.1) is 0 Å². The number of aromatic amines is 1. The van der Waals surface area contributed by atoms with E-state index in [4.69, 9.17) is 9.47 Å². The molecule has 0 bridgehead atoms. The van der Waals surface area contributed by atoms with Crippen LogP contribution in [0.2, 0.25) is 0 Å². The van der Waals surface area contributed by atoms with Crippen molar-refractivity contribution >= 4 is 23.6 Å². The predicted octanol–water partition coefficient (Wildman–Crippen LogP) is 4.55. The Hall–Kier alpha value is -4.24. The van der Waals surface area contributed by atoms with E-state index < -0.39 is 15.4 Å². The Morgan fingerprint density at radius 3 is 1.83 bits per heavy atom. The lowest BCUT2D eigenvalue weighted by molar-refractivity contribution is -0.385. The Kier molecular flexibility index (Phi) is 11.2. The molecule has 0 aromatic carbocycles. The minimum atomic E-state index is -0.528. The highest BCUT2D eigenvalue weighted by Crippen LogP contribution is 2.24. The molecule has 2 atom stereocenters. The zero-order chi connectivity index (χ0) is 31.0. The number of likely N-dealkylation sites (tertiary alicyclic amines) is 2. The van der Waals surface area contributed by atoms with Crippen molar-refractivity contribution in [3.8, 4) is 0 Å². The number of nitro groups is 2. The first-order valence-electron chi connectivity index (χ1n) is 13.2. The number of rotatable bonds is 3. The van der Waals surface area contributed by atoms with Gasteiger partial charge in [-0.25, -0.2) is 9.59 Å². The molecular weight excluding hydrogens is 540 g/mol. The van der Waals surface area contributed by atoms with Crippen molar-refractivity contribution in [2.45, 2.75) is 78.6 Å². The maximum absolute atomic E-state index is 11.9. The Balaban J connectivity index is 0.000000239. The number of H-pyrrole nitrogens is 1. The van der Waals surface area contributed by atoms with Crippen molar-refractivity contribution < 1.29 is 28.9 Å². The number of hydrogen-bond donors (Lipinski definition) is 1. The van der Waals surface area contributed by atoms with Gasteiger partial charge in [-0.05, 0) is 60.3 Å². The highest BCUT2D eigenvalue weighted by atomic mass is 16.6. The summed E-state index contributed by atoms with van der Waals surface area (Å²) in [6.07, 6.45) is 6.26.